The van der Waals surface area contributed by atoms with Crippen molar-refractivity contribution < 1.29 is 9.47 Å². The standard InChI is InChI=1S/C20H24BrNO2/c1-3-16(4-2)10-11-23-19-7-5-6-17(8-9-19)15-24-20-12-18(21)13-22-14-20/h3,6-9,12-14H,4-5,10-11,15H2,1-2H3/b16-3+. The largest absolute Gasteiger partial charge is 0.494 e. The second kappa shape index (κ2) is 10.1. The van der Waals surface area contributed by atoms with E-state index in [1.54, 1.807) is 12.4 Å². The summed E-state index contributed by atoms with van der Waals surface area (Å²) < 4.78 is 12.6. The molecule has 0 aliphatic heterocycles. The van der Waals surface area contributed by atoms with E-state index in [4.69, 9.17) is 9.47 Å². The van der Waals surface area contributed by atoms with Crippen molar-refractivity contribution in [2.24, 2.45) is 0 Å². The molecule has 1 aromatic heterocycles. The van der Waals surface area contributed by atoms with Gasteiger partial charge in [0.1, 0.15) is 18.1 Å². The molecule has 0 aromatic carbocycles. The molecule has 0 saturated carbocycles. The van der Waals surface area contributed by atoms with Crippen LogP contribution in [0.2, 0.25) is 0 Å². The zero-order valence-electron chi connectivity index (χ0n) is 14.3. The zero-order chi connectivity index (χ0) is 17.2. The number of ether oxygens (including phenoxy) is 2. The van der Waals surface area contributed by atoms with Gasteiger partial charge < -0.3 is 9.47 Å². The SMILES string of the molecule is C/C=C(\CC)CCOC1=CCC=C(COc2cncc(Br)c2)C=C1. The average molecular weight is 390 g/mol. The van der Waals surface area contributed by atoms with E-state index in [-0.39, 0.29) is 0 Å². The first kappa shape index (κ1) is 18.5. The van der Waals surface area contributed by atoms with Gasteiger partial charge in [0.25, 0.3) is 0 Å². The number of hydrogen-bond donors (Lipinski definition) is 0. The molecule has 1 aliphatic carbocycles. The molecule has 128 valence electrons. The Bertz CT molecular complexity index is 659. The van der Waals surface area contributed by atoms with Crippen LogP contribution in [0.1, 0.15) is 33.1 Å². The van der Waals surface area contributed by atoms with Crippen LogP contribution >= 0.6 is 15.9 Å². The zero-order valence-corrected chi connectivity index (χ0v) is 15.9. The maximum Gasteiger partial charge on any atom is 0.139 e. The van der Waals surface area contributed by atoms with Gasteiger partial charge in [-0.15, -0.1) is 0 Å². The van der Waals surface area contributed by atoms with Crippen LogP contribution in [0.3, 0.4) is 0 Å². The molecule has 0 unspecified atom stereocenters. The van der Waals surface area contributed by atoms with E-state index in [1.807, 2.05) is 12.1 Å². The molecule has 0 N–H and O–H groups in total. The number of pyridine rings is 1. The maximum atomic E-state index is 5.87. The third-order valence-electron chi connectivity index (χ3n) is 3.80. The summed E-state index contributed by atoms with van der Waals surface area (Å²) in [5.41, 5.74) is 2.57. The summed E-state index contributed by atoms with van der Waals surface area (Å²) >= 11 is 3.39. The number of hydrogen-bond acceptors (Lipinski definition) is 3. The monoisotopic (exact) mass is 389 g/mol. The predicted molar refractivity (Wildman–Crippen MR) is 102 cm³/mol. The molecular weight excluding hydrogens is 366 g/mol. The van der Waals surface area contributed by atoms with Gasteiger partial charge in [0.15, 0.2) is 0 Å². The molecule has 4 heteroatoms. The van der Waals surface area contributed by atoms with Gasteiger partial charge in [0.2, 0.25) is 0 Å². The van der Waals surface area contributed by atoms with Crippen LogP contribution in [0.5, 0.6) is 5.75 Å². The van der Waals surface area contributed by atoms with Crippen LogP contribution in [-0.4, -0.2) is 18.2 Å². The van der Waals surface area contributed by atoms with Gasteiger partial charge in [0, 0.05) is 17.1 Å². The smallest absolute Gasteiger partial charge is 0.139 e. The highest BCUT2D eigenvalue weighted by atomic mass is 79.9. The molecule has 0 fully saturated rings. The summed E-state index contributed by atoms with van der Waals surface area (Å²) in [7, 11) is 0. The third kappa shape index (κ3) is 6.36. The Morgan fingerprint density at radius 1 is 1.25 bits per heavy atom. The summed E-state index contributed by atoms with van der Waals surface area (Å²) in [6, 6.07) is 1.91. The first-order valence-corrected chi connectivity index (χ1v) is 9.08. The van der Waals surface area contributed by atoms with Crippen molar-refractivity contribution in [1.82, 2.24) is 4.98 Å². The van der Waals surface area contributed by atoms with Crippen molar-refractivity contribution in [3.05, 3.63) is 70.2 Å². The van der Waals surface area contributed by atoms with Crippen molar-refractivity contribution in [2.75, 3.05) is 13.2 Å². The molecule has 0 atom stereocenters. The number of aromatic nitrogens is 1. The Morgan fingerprint density at radius 3 is 2.88 bits per heavy atom. The Morgan fingerprint density at radius 2 is 2.12 bits per heavy atom. The molecule has 1 aromatic rings. The molecule has 0 saturated heterocycles. The van der Waals surface area contributed by atoms with Crippen LogP contribution in [0.15, 0.2) is 70.2 Å². The van der Waals surface area contributed by atoms with Gasteiger partial charge in [-0.25, -0.2) is 0 Å². The van der Waals surface area contributed by atoms with Crippen molar-refractivity contribution in [3.8, 4) is 5.75 Å². The van der Waals surface area contributed by atoms with E-state index in [9.17, 15) is 0 Å². The number of allylic oxidation sites excluding steroid dienone is 4. The van der Waals surface area contributed by atoms with Crippen molar-refractivity contribution in [3.63, 3.8) is 0 Å². The topological polar surface area (TPSA) is 31.4 Å². The fraction of sp³-hybridized carbons (Fsp3) is 0.350. The van der Waals surface area contributed by atoms with Crippen molar-refractivity contribution >= 4 is 15.9 Å². The minimum absolute atomic E-state index is 0.522. The van der Waals surface area contributed by atoms with Gasteiger partial charge in [-0.05, 0) is 59.5 Å². The fourth-order valence-electron chi connectivity index (χ4n) is 2.33. The van der Waals surface area contributed by atoms with Crippen LogP contribution in [0, 0.1) is 0 Å². The van der Waals surface area contributed by atoms with E-state index in [0.29, 0.717) is 6.61 Å². The molecule has 24 heavy (non-hydrogen) atoms. The average Bonchev–Trinajstić information content (AvgIpc) is 2.82. The summed E-state index contributed by atoms with van der Waals surface area (Å²) in [6.45, 7) is 5.51. The summed E-state index contributed by atoms with van der Waals surface area (Å²) in [4.78, 5) is 4.10. The Hall–Kier alpha value is -1.81. The summed E-state index contributed by atoms with van der Waals surface area (Å²) in [5.74, 6) is 1.68. The molecule has 3 nitrogen and oxygen atoms in total. The molecule has 0 bridgehead atoms. The van der Waals surface area contributed by atoms with E-state index in [0.717, 1.165) is 47.4 Å². The Balaban J connectivity index is 1.79. The number of nitrogens with zero attached hydrogens (tertiary/aromatic N) is 1. The lowest BCUT2D eigenvalue weighted by Gasteiger charge is -2.08. The maximum absolute atomic E-state index is 5.87. The molecule has 1 aliphatic rings. The molecular formula is C20H24BrNO2. The second-order valence-corrected chi connectivity index (χ2v) is 6.40. The highest BCUT2D eigenvalue weighted by Crippen LogP contribution is 2.18. The molecule has 0 radical (unpaired) electrons. The van der Waals surface area contributed by atoms with Crippen molar-refractivity contribution in [2.45, 2.75) is 33.1 Å². The number of rotatable bonds is 8. The lowest BCUT2D eigenvalue weighted by molar-refractivity contribution is 0.226. The summed E-state index contributed by atoms with van der Waals surface area (Å²) in [6.07, 6.45) is 16.9. The molecule has 0 amide bonds. The van der Waals surface area contributed by atoms with Crippen LogP contribution in [-0.2, 0) is 4.74 Å². The highest BCUT2D eigenvalue weighted by Gasteiger charge is 2.03. The fourth-order valence-corrected chi connectivity index (χ4v) is 2.67. The summed E-state index contributed by atoms with van der Waals surface area (Å²) in [5, 5.41) is 0. The van der Waals surface area contributed by atoms with E-state index in [2.05, 4.69) is 59.1 Å². The van der Waals surface area contributed by atoms with Crippen LogP contribution in [0.25, 0.3) is 0 Å². The lowest BCUT2D eigenvalue weighted by atomic mass is 10.1. The van der Waals surface area contributed by atoms with Gasteiger partial charge >= 0.3 is 0 Å². The highest BCUT2D eigenvalue weighted by molar-refractivity contribution is 9.10. The first-order valence-electron chi connectivity index (χ1n) is 8.28. The first-order chi connectivity index (χ1) is 11.7. The van der Waals surface area contributed by atoms with Crippen molar-refractivity contribution in [1.29, 1.82) is 0 Å². The van der Waals surface area contributed by atoms with E-state index in [1.165, 1.54) is 5.57 Å². The van der Waals surface area contributed by atoms with Crippen LogP contribution in [0.4, 0.5) is 0 Å². The Labute approximate surface area is 152 Å². The Kier molecular flexibility index (Phi) is 7.83. The molecule has 1 heterocycles. The van der Waals surface area contributed by atoms with E-state index >= 15 is 0 Å². The van der Waals surface area contributed by atoms with Gasteiger partial charge in [-0.1, -0.05) is 30.7 Å². The van der Waals surface area contributed by atoms with Gasteiger partial charge in [0.05, 0.1) is 12.8 Å². The van der Waals surface area contributed by atoms with Gasteiger partial charge in [-0.3, -0.25) is 4.98 Å². The predicted octanol–water partition coefficient (Wildman–Crippen LogP) is 5.76. The third-order valence-corrected chi connectivity index (χ3v) is 4.23. The lowest BCUT2D eigenvalue weighted by Crippen LogP contribution is -2.00. The van der Waals surface area contributed by atoms with E-state index < -0.39 is 0 Å². The minimum Gasteiger partial charge on any atom is -0.494 e. The minimum atomic E-state index is 0.522. The van der Waals surface area contributed by atoms with Crippen LogP contribution < -0.4 is 4.74 Å². The normalized spacial score (nSPS) is 14.7. The molecule has 2 rings (SSSR count). The quantitative estimate of drug-likeness (QED) is 0.529. The number of halogens is 1. The second-order valence-electron chi connectivity index (χ2n) is 5.48. The van der Waals surface area contributed by atoms with Gasteiger partial charge in [-0.2, -0.15) is 0 Å². The molecule has 0 spiro atoms.